The van der Waals surface area contributed by atoms with Gasteiger partial charge in [-0.25, -0.2) is 0 Å². The van der Waals surface area contributed by atoms with Crippen LogP contribution in [0.4, 0.5) is 11.4 Å². The van der Waals surface area contributed by atoms with Crippen LogP contribution in [-0.4, -0.2) is 34.6 Å². The van der Waals surface area contributed by atoms with E-state index in [0.717, 1.165) is 61.8 Å². The van der Waals surface area contributed by atoms with Gasteiger partial charge in [-0.1, -0.05) is 79.7 Å². The second kappa shape index (κ2) is 22.6. The number of aliphatic carboxylic acids is 2. The number of carboxylic acids is 2. The molecule has 0 bridgehead atoms. The van der Waals surface area contributed by atoms with Crippen LogP contribution in [0.2, 0.25) is 0 Å². The Balaban J connectivity index is 0.00000230. The van der Waals surface area contributed by atoms with Crippen LogP contribution in [-0.2, 0) is 39.2 Å². The number of aryl methyl sites for hydroxylation is 2. The molecule has 0 unspecified atom stereocenters. The summed E-state index contributed by atoms with van der Waals surface area (Å²) in [4.78, 5) is 27.3. The molecular weight excluding hydrogens is 663 g/mol. The molecule has 0 fully saturated rings. The van der Waals surface area contributed by atoms with Crippen molar-refractivity contribution in [2.24, 2.45) is 21.8 Å². The number of rotatable bonds is 12. The van der Waals surface area contributed by atoms with Crippen LogP contribution in [0.5, 0.6) is 11.5 Å². The summed E-state index contributed by atoms with van der Waals surface area (Å²) in [6.07, 6.45) is 7.63. The van der Waals surface area contributed by atoms with Crippen molar-refractivity contribution in [3.05, 3.63) is 81.9 Å². The van der Waals surface area contributed by atoms with Gasteiger partial charge in [0.25, 0.3) is 0 Å². The van der Waals surface area contributed by atoms with Gasteiger partial charge in [-0.05, 0) is 110 Å². The van der Waals surface area contributed by atoms with Gasteiger partial charge in [0.05, 0.1) is 11.4 Å². The van der Waals surface area contributed by atoms with Crippen molar-refractivity contribution in [2.45, 2.75) is 107 Å². The molecule has 0 aliphatic carbocycles. The monoisotopic (exact) mass is 717 g/mol. The van der Waals surface area contributed by atoms with Crippen LogP contribution >= 0.6 is 0 Å². The summed E-state index contributed by atoms with van der Waals surface area (Å²) in [5.41, 5.74) is 7.19. The van der Waals surface area contributed by atoms with Gasteiger partial charge in [-0.15, -0.1) is 0 Å². The Morgan fingerprint density at radius 2 is 0.959 bits per heavy atom. The van der Waals surface area contributed by atoms with Gasteiger partial charge >= 0.3 is 16.8 Å². The zero-order chi connectivity index (χ0) is 36.6. The smallest absolute Gasteiger partial charge is 0.550 e. The minimum Gasteiger partial charge on any atom is -0.550 e. The van der Waals surface area contributed by atoms with Crippen LogP contribution in [0.25, 0.3) is 0 Å². The van der Waals surface area contributed by atoms with Gasteiger partial charge in [0.15, 0.2) is 0 Å². The minimum absolute atomic E-state index is 0. The predicted octanol–water partition coefficient (Wildman–Crippen LogP) is 7.53. The largest absolute Gasteiger partial charge is 2.00 e. The average molecular weight is 718 g/mol. The maximum Gasteiger partial charge on any atom is 2.00 e. The predicted molar refractivity (Wildman–Crippen MR) is 193 cm³/mol. The summed E-state index contributed by atoms with van der Waals surface area (Å²) >= 11 is 0. The molecule has 0 amide bonds. The van der Waals surface area contributed by atoms with Gasteiger partial charge < -0.3 is 30.0 Å². The number of carboxylic acid groups (broad SMARTS) is 2. The quantitative estimate of drug-likeness (QED) is 0.185. The van der Waals surface area contributed by atoms with E-state index in [1.807, 2.05) is 36.4 Å². The number of phenolic OH excluding ortho intramolecular Hbond substituents is 2. The molecular formula is C40H54CoN2O6. The molecule has 0 aromatic heterocycles. The number of hydrogen-bond donors (Lipinski definition) is 2. The van der Waals surface area contributed by atoms with Gasteiger partial charge in [-0.2, -0.15) is 0 Å². The third-order valence-electron chi connectivity index (χ3n) is 7.29. The Morgan fingerprint density at radius 1 is 0.653 bits per heavy atom. The Morgan fingerprint density at radius 3 is 1.22 bits per heavy atom. The first-order chi connectivity index (χ1) is 22.4. The van der Waals surface area contributed by atoms with E-state index in [2.05, 4.69) is 67.5 Å². The topological polar surface area (TPSA) is 145 Å². The molecule has 3 aromatic rings. The second-order valence-corrected chi connectivity index (χ2v) is 13.4. The number of aromatic hydroxyl groups is 2. The van der Waals surface area contributed by atoms with Gasteiger partial charge in [0, 0.05) is 35.5 Å². The zero-order valence-corrected chi connectivity index (χ0v) is 31.7. The number of nitrogens with zero attached hydrogens (tertiary/aromatic N) is 2. The number of carbonyl (C=O) groups excluding carboxylic acids is 2. The number of para-hydroxylation sites is 2. The number of benzene rings is 3. The number of phenols is 2. The number of aliphatic imine (C=N–C) groups is 2. The van der Waals surface area contributed by atoms with Crippen molar-refractivity contribution < 1.29 is 46.8 Å². The Kier molecular flexibility index (Phi) is 20.8. The van der Waals surface area contributed by atoms with Crippen LogP contribution in [0.15, 0.2) is 58.5 Å². The van der Waals surface area contributed by atoms with Gasteiger partial charge in [0.2, 0.25) is 0 Å². The first-order valence-electron chi connectivity index (χ1n) is 16.7. The molecule has 9 heteroatoms. The third-order valence-corrected chi connectivity index (χ3v) is 7.29. The zero-order valence-electron chi connectivity index (χ0n) is 30.7. The summed E-state index contributed by atoms with van der Waals surface area (Å²) in [5, 5.41) is 39.8. The first kappa shape index (κ1) is 45.0. The number of carbonyl (C=O) groups is 2. The van der Waals surface area contributed by atoms with Crippen molar-refractivity contribution in [3.63, 3.8) is 0 Å². The van der Waals surface area contributed by atoms with Crippen molar-refractivity contribution in [3.8, 4) is 11.5 Å². The average Bonchev–Trinajstić information content (AvgIpc) is 2.98. The summed E-state index contributed by atoms with van der Waals surface area (Å²) in [5.74, 6) is 0.0653. The van der Waals surface area contributed by atoms with E-state index >= 15 is 0 Å². The van der Waals surface area contributed by atoms with Gasteiger partial charge in [0.1, 0.15) is 11.5 Å². The minimum atomic E-state index is -1.08. The van der Waals surface area contributed by atoms with E-state index in [4.69, 9.17) is 29.8 Å². The van der Waals surface area contributed by atoms with Crippen LogP contribution < -0.4 is 10.2 Å². The molecule has 8 nitrogen and oxygen atoms in total. The molecule has 2 N–H and O–H groups in total. The van der Waals surface area contributed by atoms with Crippen molar-refractivity contribution >= 4 is 35.7 Å². The maximum absolute atomic E-state index is 11.0. The standard InChI is InChI=1S/C36H48N2O2.2C2H4O2.Co/c1-23(2)13-15-27-17-29(35(39)31(19-27)25(5)6)21-37-33-11-9-10-12-34(33)38-22-30-18-28(16-14-24(3)4)20-32(26(7)8)36(30)40;2*1-2(3)4;/h9-12,17-26,39-40H,13-16H2,1-8H3;2*1H3,(H,3,4);/q;;;+2/p-2. The summed E-state index contributed by atoms with van der Waals surface area (Å²) in [6.45, 7) is 19.3. The van der Waals surface area contributed by atoms with Crippen molar-refractivity contribution in [1.82, 2.24) is 0 Å². The maximum atomic E-state index is 11.0. The van der Waals surface area contributed by atoms with Crippen LogP contribution in [0, 0.1) is 11.8 Å². The Labute approximate surface area is 303 Å². The van der Waals surface area contributed by atoms with E-state index in [1.54, 1.807) is 12.4 Å². The second-order valence-electron chi connectivity index (χ2n) is 13.4. The van der Waals surface area contributed by atoms with E-state index in [1.165, 1.54) is 11.1 Å². The van der Waals surface area contributed by atoms with Crippen molar-refractivity contribution in [1.29, 1.82) is 0 Å². The molecule has 0 aliphatic heterocycles. The van der Waals surface area contributed by atoms with Gasteiger partial charge in [-0.3, -0.25) is 9.98 Å². The summed E-state index contributed by atoms with van der Waals surface area (Å²) < 4.78 is 0. The van der Waals surface area contributed by atoms with E-state index in [9.17, 15) is 10.2 Å². The molecule has 49 heavy (non-hydrogen) atoms. The fraction of sp³-hybridized carbons (Fsp3) is 0.450. The number of hydrogen-bond acceptors (Lipinski definition) is 8. The summed E-state index contributed by atoms with van der Waals surface area (Å²) in [7, 11) is 0. The molecule has 269 valence electrons. The molecule has 0 spiro atoms. The molecule has 0 saturated heterocycles. The van der Waals surface area contributed by atoms with Crippen LogP contribution in [0.1, 0.15) is 127 Å². The molecule has 3 rings (SSSR count). The van der Waals surface area contributed by atoms with Crippen LogP contribution in [0.3, 0.4) is 0 Å². The Bertz CT molecular complexity index is 1420. The fourth-order valence-corrected chi connectivity index (χ4v) is 4.73. The third kappa shape index (κ3) is 17.3. The Hall–Kier alpha value is -3.95. The first-order valence-corrected chi connectivity index (χ1v) is 16.7. The fourth-order valence-electron chi connectivity index (χ4n) is 4.73. The van der Waals surface area contributed by atoms with E-state index < -0.39 is 11.9 Å². The normalized spacial score (nSPS) is 11.1. The van der Waals surface area contributed by atoms with E-state index in [0.29, 0.717) is 23.2 Å². The van der Waals surface area contributed by atoms with Crippen molar-refractivity contribution in [2.75, 3.05) is 0 Å². The van der Waals surface area contributed by atoms with E-state index in [-0.39, 0.29) is 40.1 Å². The summed E-state index contributed by atoms with van der Waals surface area (Å²) in [6, 6.07) is 16.1. The molecule has 0 aliphatic rings. The molecule has 0 heterocycles. The molecule has 3 aromatic carbocycles. The SMILES string of the molecule is CC(=O)[O-].CC(=O)[O-].CC(C)CCc1cc(C=Nc2ccccc2N=Cc2cc(CCC(C)C)cc(C(C)C)c2O)c(O)c(C(C)C)c1.[Co+2]. The molecule has 0 saturated carbocycles. The molecule has 0 atom stereocenters. The molecule has 1 radical (unpaired) electrons.